The molecule has 0 aliphatic rings. The molecule has 0 aliphatic carbocycles. The zero-order chi connectivity index (χ0) is 22.2. The van der Waals surface area contributed by atoms with E-state index in [2.05, 4.69) is 5.32 Å². The molecule has 0 bridgehead atoms. The number of hydrogen-bond acceptors (Lipinski definition) is 4. The van der Waals surface area contributed by atoms with Crippen molar-refractivity contribution in [2.75, 3.05) is 0 Å². The van der Waals surface area contributed by atoms with Gasteiger partial charge in [-0.2, -0.15) is 0 Å². The van der Waals surface area contributed by atoms with E-state index in [0.717, 1.165) is 5.56 Å². The molecule has 3 aromatic rings. The summed E-state index contributed by atoms with van der Waals surface area (Å²) >= 11 is 5.90. The summed E-state index contributed by atoms with van der Waals surface area (Å²) < 4.78 is 11.5. The molecule has 3 aromatic carbocycles. The number of benzene rings is 3. The number of para-hydroxylation sites is 1. The highest BCUT2D eigenvalue weighted by molar-refractivity contribution is 6.30. The van der Waals surface area contributed by atoms with Crippen LogP contribution in [0.1, 0.15) is 25.5 Å². The number of nitrogens with one attached hydrogen (secondary N) is 1. The molecular formula is C25H24ClNO4. The van der Waals surface area contributed by atoms with E-state index in [1.54, 1.807) is 24.3 Å². The molecule has 0 heterocycles. The molecule has 0 saturated heterocycles. The molecule has 1 N–H and O–H groups in total. The maximum absolute atomic E-state index is 13.1. The number of halogens is 1. The fourth-order valence-corrected chi connectivity index (χ4v) is 3.48. The fraction of sp³-hybridized carbons (Fsp3) is 0.200. The van der Waals surface area contributed by atoms with Crippen LogP contribution in [0.2, 0.25) is 5.02 Å². The van der Waals surface area contributed by atoms with E-state index in [4.69, 9.17) is 21.1 Å². The summed E-state index contributed by atoms with van der Waals surface area (Å²) in [6.45, 7) is 3.83. The molecule has 1 unspecified atom stereocenters. The summed E-state index contributed by atoms with van der Waals surface area (Å²) in [7, 11) is 0. The van der Waals surface area contributed by atoms with Crippen molar-refractivity contribution in [2.24, 2.45) is 11.8 Å². The topological polar surface area (TPSA) is 64.6 Å². The Hall–Kier alpha value is -3.31. The fourth-order valence-electron chi connectivity index (χ4n) is 3.36. The van der Waals surface area contributed by atoms with Crippen LogP contribution in [-0.2, 0) is 9.59 Å². The van der Waals surface area contributed by atoms with Crippen LogP contribution >= 0.6 is 11.6 Å². The first kappa shape index (κ1) is 22.4. The Morgan fingerprint density at radius 3 is 2.23 bits per heavy atom. The van der Waals surface area contributed by atoms with Crippen LogP contribution < -0.4 is 14.8 Å². The standard InChI is InChI=1S/C25H24ClNO4/c1-17(2)23(25(29)31-21-13-11-19(26)12-14-21)24(27-16-28)18-7-6-10-22(15-18)30-20-8-4-3-5-9-20/h3-17,23-24H,1-2H3,(H,27,28)/t23?,24-/m1/s1. The maximum atomic E-state index is 13.1. The summed E-state index contributed by atoms with van der Waals surface area (Å²) in [5, 5.41) is 3.34. The molecule has 3 rings (SSSR count). The van der Waals surface area contributed by atoms with Crippen LogP contribution in [0, 0.1) is 11.8 Å². The maximum Gasteiger partial charge on any atom is 0.317 e. The second-order valence-electron chi connectivity index (χ2n) is 7.39. The highest BCUT2D eigenvalue weighted by Gasteiger charge is 2.34. The smallest absolute Gasteiger partial charge is 0.317 e. The van der Waals surface area contributed by atoms with E-state index < -0.39 is 17.9 Å². The SMILES string of the molecule is CC(C)C(C(=O)Oc1ccc(Cl)cc1)[C@H](NC=O)c1cccc(Oc2ccccc2)c1. The predicted octanol–water partition coefficient (Wildman–Crippen LogP) is 5.80. The van der Waals surface area contributed by atoms with Gasteiger partial charge >= 0.3 is 5.97 Å². The lowest BCUT2D eigenvalue weighted by Crippen LogP contribution is -2.37. The van der Waals surface area contributed by atoms with Crippen molar-refractivity contribution < 1.29 is 19.1 Å². The summed E-state index contributed by atoms with van der Waals surface area (Å²) in [5.74, 6) is 0.540. The van der Waals surface area contributed by atoms with Crippen LogP contribution in [-0.4, -0.2) is 12.4 Å². The lowest BCUT2D eigenvalue weighted by Gasteiger charge is -2.28. The normalized spacial score (nSPS) is 12.6. The molecular weight excluding hydrogens is 414 g/mol. The average Bonchev–Trinajstić information content (AvgIpc) is 2.76. The first-order valence-electron chi connectivity index (χ1n) is 9.97. The van der Waals surface area contributed by atoms with Crippen LogP contribution in [0.15, 0.2) is 78.9 Å². The van der Waals surface area contributed by atoms with Crippen molar-refractivity contribution in [2.45, 2.75) is 19.9 Å². The lowest BCUT2D eigenvalue weighted by molar-refractivity contribution is -0.141. The van der Waals surface area contributed by atoms with Crippen molar-refractivity contribution in [1.82, 2.24) is 5.32 Å². The largest absolute Gasteiger partial charge is 0.457 e. The monoisotopic (exact) mass is 437 g/mol. The number of carbonyl (C=O) groups excluding carboxylic acids is 2. The van der Waals surface area contributed by atoms with Gasteiger partial charge in [0.15, 0.2) is 0 Å². The Balaban J connectivity index is 1.86. The minimum atomic E-state index is -0.618. The van der Waals surface area contributed by atoms with E-state index in [0.29, 0.717) is 28.7 Å². The third-order valence-electron chi connectivity index (χ3n) is 4.83. The Morgan fingerprint density at radius 2 is 1.58 bits per heavy atom. The molecule has 0 saturated carbocycles. The minimum Gasteiger partial charge on any atom is -0.457 e. The van der Waals surface area contributed by atoms with Crippen molar-refractivity contribution >= 4 is 24.0 Å². The summed E-state index contributed by atoms with van der Waals surface area (Å²) in [6.07, 6.45) is 0.598. The molecule has 0 fully saturated rings. The third-order valence-corrected chi connectivity index (χ3v) is 5.08. The highest BCUT2D eigenvalue weighted by Crippen LogP contribution is 2.32. The van der Waals surface area contributed by atoms with Crippen LogP contribution in [0.3, 0.4) is 0 Å². The first-order chi connectivity index (χ1) is 15.0. The number of rotatable bonds is 9. The van der Waals surface area contributed by atoms with Gasteiger partial charge in [0.25, 0.3) is 0 Å². The lowest BCUT2D eigenvalue weighted by atomic mass is 9.84. The van der Waals surface area contributed by atoms with Gasteiger partial charge in [0.2, 0.25) is 6.41 Å². The summed E-state index contributed by atoms with van der Waals surface area (Å²) in [4.78, 5) is 24.5. The Labute approximate surface area is 187 Å². The van der Waals surface area contributed by atoms with Crippen molar-refractivity contribution in [3.63, 3.8) is 0 Å². The predicted molar refractivity (Wildman–Crippen MR) is 120 cm³/mol. The molecule has 160 valence electrons. The number of esters is 1. The molecule has 2 atom stereocenters. The highest BCUT2D eigenvalue weighted by atomic mass is 35.5. The van der Waals surface area contributed by atoms with Gasteiger partial charge in [0.05, 0.1) is 12.0 Å². The summed E-state index contributed by atoms with van der Waals surface area (Å²) in [5.41, 5.74) is 0.743. The average molecular weight is 438 g/mol. The zero-order valence-corrected chi connectivity index (χ0v) is 18.1. The van der Waals surface area contributed by atoms with E-state index in [1.807, 2.05) is 68.4 Å². The van der Waals surface area contributed by atoms with E-state index >= 15 is 0 Å². The Morgan fingerprint density at radius 1 is 0.903 bits per heavy atom. The number of ether oxygens (including phenoxy) is 2. The van der Waals surface area contributed by atoms with Gasteiger partial charge in [0.1, 0.15) is 17.2 Å². The van der Waals surface area contributed by atoms with Gasteiger partial charge in [-0.15, -0.1) is 0 Å². The van der Waals surface area contributed by atoms with Crippen LogP contribution in [0.5, 0.6) is 17.2 Å². The van der Waals surface area contributed by atoms with Crippen LogP contribution in [0.4, 0.5) is 0 Å². The van der Waals surface area contributed by atoms with Gasteiger partial charge < -0.3 is 14.8 Å². The van der Waals surface area contributed by atoms with E-state index in [-0.39, 0.29) is 5.92 Å². The Bertz CT molecular complexity index is 1010. The second-order valence-corrected chi connectivity index (χ2v) is 7.83. The van der Waals surface area contributed by atoms with Gasteiger partial charge in [-0.25, -0.2) is 0 Å². The number of amides is 1. The molecule has 0 aromatic heterocycles. The second kappa shape index (κ2) is 10.6. The van der Waals surface area contributed by atoms with Gasteiger partial charge in [-0.3, -0.25) is 9.59 Å². The molecule has 6 heteroatoms. The molecule has 0 spiro atoms. The zero-order valence-electron chi connectivity index (χ0n) is 17.3. The van der Waals surface area contributed by atoms with Gasteiger partial charge in [-0.05, 0) is 60.0 Å². The first-order valence-corrected chi connectivity index (χ1v) is 10.4. The molecule has 31 heavy (non-hydrogen) atoms. The van der Waals surface area contributed by atoms with Crippen LogP contribution in [0.25, 0.3) is 0 Å². The number of hydrogen-bond donors (Lipinski definition) is 1. The van der Waals surface area contributed by atoms with Crippen molar-refractivity contribution in [3.8, 4) is 17.2 Å². The van der Waals surface area contributed by atoms with Gasteiger partial charge in [0, 0.05) is 5.02 Å². The van der Waals surface area contributed by atoms with E-state index in [1.165, 1.54) is 0 Å². The molecule has 1 amide bonds. The summed E-state index contributed by atoms with van der Waals surface area (Å²) in [6, 6.07) is 22.7. The number of carbonyl (C=O) groups is 2. The van der Waals surface area contributed by atoms with Gasteiger partial charge in [-0.1, -0.05) is 55.8 Å². The van der Waals surface area contributed by atoms with Crippen molar-refractivity contribution in [3.05, 3.63) is 89.4 Å². The quantitative estimate of drug-likeness (QED) is 0.261. The van der Waals surface area contributed by atoms with E-state index in [9.17, 15) is 9.59 Å². The molecule has 5 nitrogen and oxygen atoms in total. The minimum absolute atomic E-state index is 0.101. The molecule has 0 radical (unpaired) electrons. The molecule has 0 aliphatic heterocycles. The Kier molecular flexibility index (Phi) is 7.68. The van der Waals surface area contributed by atoms with Crippen molar-refractivity contribution in [1.29, 1.82) is 0 Å². The third kappa shape index (κ3) is 6.09.